The third-order valence-electron chi connectivity index (χ3n) is 7.43. The Labute approximate surface area is 127 Å². The van der Waals surface area contributed by atoms with E-state index in [0.29, 0.717) is 11.8 Å². The van der Waals surface area contributed by atoms with Crippen LogP contribution in [0.25, 0.3) is 0 Å². The molecule has 0 aromatic carbocycles. The van der Waals surface area contributed by atoms with Crippen LogP contribution in [0.1, 0.15) is 58.8 Å². The van der Waals surface area contributed by atoms with Crippen LogP contribution in [0.3, 0.4) is 0 Å². The maximum Gasteiger partial charge on any atom is 0.0759 e. The molecule has 0 bridgehead atoms. The van der Waals surface area contributed by atoms with Crippen molar-refractivity contribution in [2.75, 3.05) is 0 Å². The molecule has 2 N–H and O–H groups in total. The van der Waals surface area contributed by atoms with Gasteiger partial charge in [0.05, 0.1) is 12.2 Å². The van der Waals surface area contributed by atoms with E-state index in [2.05, 4.69) is 26.0 Å². The molecule has 4 aliphatic rings. The van der Waals surface area contributed by atoms with Crippen LogP contribution in [0.5, 0.6) is 0 Å². The van der Waals surface area contributed by atoms with Crippen molar-refractivity contribution in [3.63, 3.8) is 0 Å². The molecule has 0 aromatic rings. The van der Waals surface area contributed by atoms with Gasteiger partial charge in [-0.3, -0.25) is 0 Å². The number of rotatable bonds is 0. The van der Waals surface area contributed by atoms with E-state index in [9.17, 15) is 10.2 Å². The molecule has 4 aliphatic carbocycles. The largest absolute Gasteiger partial charge is 0.393 e. The molecule has 3 unspecified atom stereocenters. The number of allylic oxidation sites excluding steroid dienone is 3. The van der Waals surface area contributed by atoms with E-state index in [4.69, 9.17) is 0 Å². The van der Waals surface area contributed by atoms with Crippen molar-refractivity contribution < 1.29 is 10.2 Å². The summed E-state index contributed by atoms with van der Waals surface area (Å²) in [5, 5.41) is 21.3. The lowest BCUT2D eigenvalue weighted by Gasteiger charge is -2.53. The molecule has 0 heterocycles. The average Bonchev–Trinajstić information content (AvgIpc) is 2.76. The topological polar surface area (TPSA) is 40.5 Å². The smallest absolute Gasteiger partial charge is 0.0759 e. The molecule has 0 saturated heterocycles. The summed E-state index contributed by atoms with van der Waals surface area (Å²) in [6.07, 6.45) is 11.7. The molecule has 0 aromatic heterocycles. The van der Waals surface area contributed by atoms with Crippen LogP contribution in [0.15, 0.2) is 23.3 Å². The van der Waals surface area contributed by atoms with Crippen molar-refractivity contribution in [3.05, 3.63) is 23.3 Å². The zero-order chi connectivity index (χ0) is 14.8. The number of aliphatic hydroxyl groups excluding tert-OH is 2. The number of hydrogen-bond acceptors (Lipinski definition) is 2. The summed E-state index contributed by atoms with van der Waals surface area (Å²) in [5.41, 5.74) is 3.02. The summed E-state index contributed by atoms with van der Waals surface area (Å²) in [7, 11) is 0. The Morgan fingerprint density at radius 3 is 2.76 bits per heavy atom. The van der Waals surface area contributed by atoms with Crippen LogP contribution in [-0.2, 0) is 0 Å². The van der Waals surface area contributed by atoms with Gasteiger partial charge in [-0.25, -0.2) is 0 Å². The second-order valence-electron chi connectivity index (χ2n) is 8.30. The molecular formula is C19H28O2. The SMILES string of the molecule is C[C@]12C=CCCC1CC(O)C1=C2CC[C@]2(C)C(O)CC[C@@H]12. The third kappa shape index (κ3) is 1.72. The fourth-order valence-corrected chi connectivity index (χ4v) is 6.00. The summed E-state index contributed by atoms with van der Waals surface area (Å²) in [5.74, 6) is 1.01. The zero-order valence-electron chi connectivity index (χ0n) is 13.3. The Morgan fingerprint density at radius 1 is 1.14 bits per heavy atom. The summed E-state index contributed by atoms with van der Waals surface area (Å²) in [4.78, 5) is 0. The molecule has 0 radical (unpaired) electrons. The van der Waals surface area contributed by atoms with Gasteiger partial charge < -0.3 is 10.2 Å². The third-order valence-corrected chi connectivity index (χ3v) is 7.43. The highest BCUT2D eigenvalue weighted by Gasteiger charge is 2.55. The van der Waals surface area contributed by atoms with E-state index in [-0.39, 0.29) is 23.0 Å². The second kappa shape index (κ2) is 4.45. The van der Waals surface area contributed by atoms with E-state index in [1.165, 1.54) is 17.6 Å². The first-order valence-electron chi connectivity index (χ1n) is 8.74. The maximum absolute atomic E-state index is 10.8. The first-order valence-corrected chi connectivity index (χ1v) is 8.74. The van der Waals surface area contributed by atoms with Crippen LogP contribution < -0.4 is 0 Å². The molecule has 0 aliphatic heterocycles. The first kappa shape index (κ1) is 14.0. The van der Waals surface area contributed by atoms with Crippen LogP contribution in [0, 0.1) is 22.7 Å². The second-order valence-corrected chi connectivity index (χ2v) is 8.30. The minimum Gasteiger partial charge on any atom is -0.393 e. The van der Waals surface area contributed by atoms with Crippen molar-refractivity contribution in [2.24, 2.45) is 22.7 Å². The van der Waals surface area contributed by atoms with Gasteiger partial charge in [0.2, 0.25) is 0 Å². The molecule has 2 heteroatoms. The van der Waals surface area contributed by atoms with Gasteiger partial charge in [-0.05, 0) is 62.4 Å². The van der Waals surface area contributed by atoms with Crippen LogP contribution in [0.4, 0.5) is 0 Å². The maximum atomic E-state index is 10.8. The monoisotopic (exact) mass is 288 g/mol. The predicted molar refractivity (Wildman–Crippen MR) is 83.7 cm³/mol. The molecule has 2 nitrogen and oxygen atoms in total. The van der Waals surface area contributed by atoms with Crippen molar-refractivity contribution in [1.29, 1.82) is 0 Å². The fraction of sp³-hybridized carbons (Fsp3) is 0.789. The minimum atomic E-state index is -0.264. The van der Waals surface area contributed by atoms with Crippen molar-refractivity contribution in [1.82, 2.24) is 0 Å². The lowest BCUT2D eigenvalue weighted by molar-refractivity contribution is 0.0120. The quantitative estimate of drug-likeness (QED) is 0.669. The Hall–Kier alpha value is -0.600. The molecule has 0 spiro atoms. The van der Waals surface area contributed by atoms with E-state index < -0.39 is 0 Å². The van der Waals surface area contributed by atoms with Crippen molar-refractivity contribution >= 4 is 0 Å². The van der Waals surface area contributed by atoms with Crippen LogP contribution >= 0.6 is 0 Å². The summed E-state index contributed by atoms with van der Waals surface area (Å²) >= 11 is 0. The van der Waals surface area contributed by atoms with E-state index in [0.717, 1.165) is 38.5 Å². The van der Waals surface area contributed by atoms with Gasteiger partial charge in [-0.1, -0.05) is 31.6 Å². The van der Waals surface area contributed by atoms with Gasteiger partial charge >= 0.3 is 0 Å². The van der Waals surface area contributed by atoms with Gasteiger partial charge in [-0.2, -0.15) is 0 Å². The van der Waals surface area contributed by atoms with Gasteiger partial charge in [0.1, 0.15) is 0 Å². The van der Waals surface area contributed by atoms with Crippen LogP contribution in [-0.4, -0.2) is 22.4 Å². The lowest BCUT2D eigenvalue weighted by Crippen LogP contribution is -2.47. The van der Waals surface area contributed by atoms with Crippen molar-refractivity contribution in [3.8, 4) is 0 Å². The molecular weight excluding hydrogens is 260 g/mol. The number of fused-ring (bicyclic) bond motifs is 4. The van der Waals surface area contributed by atoms with Gasteiger partial charge in [-0.15, -0.1) is 0 Å². The van der Waals surface area contributed by atoms with Gasteiger partial charge in [0, 0.05) is 10.8 Å². The molecule has 4 rings (SSSR count). The van der Waals surface area contributed by atoms with Gasteiger partial charge in [0.15, 0.2) is 0 Å². The highest BCUT2D eigenvalue weighted by molar-refractivity contribution is 5.40. The van der Waals surface area contributed by atoms with E-state index in [1.807, 2.05) is 0 Å². The molecule has 116 valence electrons. The Balaban J connectivity index is 1.84. The first-order chi connectivity index (χ1) is 9.97. The summed E-state index contributed by atoms with van der Waals surface area (Å²) in [6.45, 7) is 4.64. The fourth-order valence-electron chi connectivity index (χ4n) is 6.00. The van der Waals surface area contributed by atoms with E-state index in [1.54, 1.807) is 0 Å². The van der Waals surface area contributed by atoms with E-state index >= 15 is 0 Å². The number of aliphatic hydroxyl groups is 2. The minimum absolute atomic E-state index is 0.00138. The normalized spacial score (nSPS) is 52.4. The summed E-state index contributed by atoms with van der Waals surface area (Å²) < 4.78 is 0. The predicted octanol–water partition coefficient (Wildman–Crippen LogP) is 3.59. The van der Waals surface area contributed by atoms with Gasteiger partial charge in [0.25, 0.3) is 0 Å². The summed E-state index contributed by atoms with van der Waals surface area (Å²) in [6, 6.07) is 0. The molecule has 0 amide bonds. The Bertz CT molecular complexity index is 520. The highest BCUT2D eigenvalue weighted by atomic mass is 16.3. The molecule has 6 atom stereocenters. The molecule has 1 fully saturated rings. The number of hydrogen-bond donors (Lipinski definition) is 2. The highest BCUT2D eigenvalue weighted by Crippen LogP contribution is 2.62. The lowest BCUT2D eigenvalue weighted by atomic mass is 9.52. The molecule has 21 heavy (non-hydrogen) atoms. The zero-order valence-corrected chi connectivity index (χ0v) is 13.3. The van der Waals surface area contributed by atoms with Crippen LogP contribution in [0.2, 0.25) is 0 Å². The average molecular weight is 288 g/mol. The molecule has 1 saturated carbocycles. The Kier molecular flexibility index (Phi) is 2.97. The standard InChI is InChI=1S/C19H28O2/c1-18-9-4-3-5-12(18)11-15(20)17-13-6-7-16(21)19(13,2)10-8-14(17)18/h4,9,12-13,15-16,20-21H,3,5-8,10-11H2,1-2H3/t12?,13-,15?,16?,18-,19-/m0/s1. The van der Waals surface area contributed by atoms with Crippen molar-refractivity contribution in [2.45, 2.75) is 71.0 Å². The Morgan fingerprint density at radius 2 is 1.95 bits per heavy atom.